The van der Waals surface area contributed by atoms with Crippen LogP contribution in [-0.4, -0.2) is 23.5 Å². The smallest absolute Gasteiger partial charge is 0.221 e. The number of hydrazine groups is 1. The first kappa shape index (κ1) is 14.2. The van der Waals surface area contributed by atoms with Crippen molar-refractivity contribution in [2.24, 2.45) is 5.84 Å². The lowest BCUT2D eigenvalue weighted by Crippen LogP contribution is -2.33. The van der Waals surface area contributed by atoms with Crippen LogP contribution in [0.15, 0.2) is 18.2 Å². The number of nitrogens with one attached hydrogen (secondary N) is 3. The summed E-state index contributed by atoms with van der Waals surface area (Å²) in [7, 11) is 0. The van der Waals surface area contributed by atoms with Gasteiger partial charge in [0.1, 0.15) is 11.6 Å². The van der Waals surface area contributed by atoms with Crippen LogP contribution < -0.4 is 21.9 Å². The summed E-state index contributed by atoms with van der Waals surface area (Å²) in [6, 6.07) is 5.65. The van der Waals surface area contributed by atoms with Gasteiger partial charge >= 0.3 is 0 Å². The lowest BCUT2D eigenvalue weighted by molar-refractivity contribution is -0.121. The Morgan fingerprint density at radius 2 is 2.17 bits per heavy atom. The van der Waals surface area contributed by atoms with Gasteiger partial charge < -0.3 is 16.1 Å². The number of nitrogen functional groups attached to an aromatic ring is 1. The van der Waals surface area contributed by atoms with Gasteiger partial charge in [0.25, 0.3) is 0 Å². The number of carbonyl (C=O) groups is 1. The minimum absolute atomic E-state index is 0.0463. The first-order chi connectivity index (χ1) is 8.65. The molecule has 1 rings (SSSR count). The van der Waals surface area contributed by atoms with Crippen LogP contribution in [0, 0.1) is 0 Å². The number of nitrogens with two attached hydrogens (primary N) is 1. The molecule has 5 N–H and O–H groups in total. The average Bonchev–Trinajstić information content (AvgIpc) is 2.38. The van der Waals surface area contributed by atoms with Gasteiger partial charge in [-0.05, 0) is 25.5 Å². The number of hydrogen-bond donors (Lipinski definition) is 4. The molecule has 0 aliphatic carbocycles. The molecule has 0 aliphatic rings. The van der Waals surface area contributed by atoms with Gasteiger partial charge in [-0.1, -0.05) is 13.0 Å². The molecule has 0 radical (unpaired) electrons. The zero-order valence-electron chi connectivity index (χ0n) is 10.9. The van der Waals surface area contributed by atoms with Gasteiger partial charge in [-0.2, -0.15) is 0 Å². The second-order valence-electron chi connectivity index (χ2n) is 4.11. The van der Waals surface area contributed by atoms with Gasteiger partial charge in [0.2, 0.25) is 5.91 Å². The molecule has 1 unspecified atom stereocenters. The molecule has 0 aromatic carbocycles. The lowest BCUT2D eigenvalue weighted by atomic mass is 10.2. The first-order valence-electron chi connectivity index (χ1n) is 6.12. The Kier molecular flexibility index (Phi) is 5.93. The van der Waals surface area contributed by atoms with Gasteiger partial charge in [-0.3, -0.25) is 4.79 Å². The Morgan fingerprint density at radius 3 is 2.83 bits per heavy atom. The molecule has 6 heteroatoms. The SMILES string of the molecule is CCC(C)NC(=O)CCNc1cccc(NN)n1. The fourth-order valence-electron chi connectivity index (χ4n) is 1.37. The third-order valence-corrected chi connectivity index (χ3v) is 2.57. The van der Waals surface area contributed by atoms with Crippen molar-refractivity contribution in [3.63, 3.8) is 0 Å². The second kappa shape index (κ2) is 7.50. The van der Waals surface area contributed by atoms with Crippen molar-refractivity contribution >= 4 is 17.5 Å². The summed E-state index contributed by atoms with van der Waals surface area (Å²) in [5, 5.41) is 5.98. The minimum Gasteiger partial charge on any atom is -0.369 e. The van der Waals surface area contributed by atoms with Crippen molar-refractivity contribution in [2.75, 3.05) is 17.3 Å². The summed E-state index contributed by atoms with van der Waals surface area (Å²) in [5.41, 5.74) is 2.47. The monoisotopic (exact) mass is 251 g/mol. The number of carbonyl (C=O) groups excluding carboxylic acids is 1. The molecule has 1 atom stereocenters. The molecule has 0 aliphatic heterocycles. The molecule has 1 aromatic rings. The van der Waals surface area contributed by atoms with Crippen molar-refractivity contribution < 1.29 is 4.79 Å². The number of aromatic nitrogens is 1. The zero-order valence-corrected chi connectivity index (χ0v) is 10.9. The Labute approximate surface area is 107 Å². The highest BCUT2D eigenvalue weighted by molar-refractivity contribution is 5.76. The van der Waals surface area contributed by atoms with E-state index in [2.05, 4.69) is 21.0 Å². The van der Waals surface area contributed by atoms with E-state index in [1.54, 1.807) is 6.07 Å². The van der Waals surface area contributed by atoms with Crippen LogP contribution in [-0.2, 0) is 4.79 Å². The van der Waals surface area contributed by atoms with Crippen molar-refractivity contribution in [2.45, 2.75) is 32.7 Å². The Hall–Kier alpha value is -1.82. The maximum absolute atomic E-state index is 11.5. The highest BCUT2D eigenvalue weighted by atomic mass is 16.1. The third kappa shape index (κ3) is 5.01. The molecular weight excluding hydrogens is 230 g/mol. The Morgan fingerprint density at radius 1 is 1.44 bits per heavy atom. The number of nitrogens with zero attached hydrogens (tertiary/aromatic N) is 1. The van der Waals surface area contributed by atoms with Crippen LogP contribution >= 0.6 is 0 Å². The average molecular weight is 251 g/mol. The van der Waals surface area contributed by atoms with E-state index >= 15 is 0 Å². The number of rotatable bonds is 7. The number of amides is 1. The van der Waals surface area contributed by atoms with E-state index in [4.69, 9.17) is 5.84 Å². The van der Waals surface area contributed by atoms with E-state index < -0.39 is 0 Å². The third-order valence-electron chi connectivity index (χ3n) is 2.57. The highest BCUT2D eigenvalue weighted by Crippen LogP contribution is 2.07. The van der Waals surface area contributed by atoms with E-state index in [0.29, 0.717) is 24.6 Å². The molecule has 0 fully saturated rings. The van der Waals surface area contributed by atoms with Crippen LogP contribution in [0.2, 0.25) is 0 Å². The summed E-state index contributed by atoms with van der Waals surface area (Å²) in [6.07, 6.45) is 1.36. The van der Waals surface area contributed by atoms with E-state index in [1.165, 1.54) is 0 Å². The van der Waals surface area contributed by atoms with Crippen molar-refractivity contribution in [1.82, 2.24) is 10.3 Å². The van der Waals surface area contributed by atoms with E-state index in [0.717, 1.165) is 6.42 Å². The highest BCUT2D eigenvalue weighted by Gasteiger charge is 2.05. The van der Waals surface area contributed by atoms with Crippen molar-refractivity contribution in [3.05, 3.63) is 18.2 Å². The molecule has 100 valence electrons. The van der Waals surface area contributed by atoms with Gasteiger partial charge in [-0.15, -0.1) is 0 Å². The fourth-order valence-corrected chi connectivity index (χ4v) is 1.37. The number of pyridine rings is 1. The summed E-state index contributed by atoms with van der Waals surface area (Å²) >= 11 is 0. The molecular formula is C12H21N5O. The van der Waals surface area contributed by atoms with Crippen LogP contribution in [0.1, 0.15) is 26.7 Å². The molecule has 1 amide bonds. The molecule has 6 nitrogen and oxygen atoms in total. The molecule has 1 aromatic heterocycles. The molecule has 0 spiro atoms. The second-order valence-corrected chi connectivity index (χ2v) is 4.11. The largest absolute Gasteiger partial charge is 0.369 e. The molecule has 1 heterocycles. The molecule has 0 saturated carbocycles. The summed E-state index contributed by atoms with van der Waals surface area (Å²) < 4.78 is 0. The van der Waals surface area contributed by atoms with Gasteiger partial charge in [-0.25, -0.2) is 10.8 Å². The summed E-state index contributed by atoms with van der Waals surface area (Å²) in [5.74, 6) is 6.59. The van der Waals surface area contributed by atoms with Gasteiger partial charge in [0, 0.05) is 19.0 Å². The Balaban J connectivity index is 2.30. The fraction of sp³-hybridized carbons (Fsp3) is 0.500. The lowest BCUT2D eigenvalue weighted by Gasteiger charge is -2.11. The van der Waals surface area contributed by atoms with Crippen molar-refractivity contribution in [1.29, 1.82) is 0 Å². The normalized spacial score (nSPS) is 11.7. The van der Waals surface area contributed by atoms with E-state index in [9.17, 15) is 4.79 Å². The van der Waals surface area contributed by atoms with Crippen LogP contribution in [0.5, 0.6) is 0 Å². The summed E-state index contributed by atoms with van der Waals surface area (Å²) in [4.78, 5) is 15.7. The maximum atomic E-state index is 11.5. The van der Waals surface area contributed by atoms with Crippen molar-refractivity contribution in [3.8, 4) is 0 Å². The maximum Gasteiger partial charge on any atom is 0.221 e. The predicted octanol–water partition coefficient (Wildman–Crippen LogP) is 1.08. The first-order valence-corrected chi connectivity index (χ1v) is 6.12. The van der Waals surface area contributed by atoms with Crippen LogP contribution in [0.25, 0.3) is 0 Å². The summed E-state index contributed by atoms with van der Waals surface area (Å²) in [6.45, 7) is 4.57. The van der Waals surface area contributed by atoms with E-state index in [-0.39, 0.29) is 11.9 Å². The van der Waals surface area contributed by atoms with Gasteiger partial charge in [0.15, 0.2) is 0 Å². The predicted molar refractivity (Wildman–Crippen MR) is 73.0 cm³/mol. The minimum atomic E-state index is 0.0463. The topological polar surface area (TPSA) is 92.1 Å². The van der Waals surface area contributed by atoms with E-state index in [1.807, 2.05) is 26.0 Å². The molecule has 18 heavy (non-hydrogen) atoms. The number of hydrogen-bond acceptors (Lipinski definition) is 5. The van der Waals surface area contributed by atoms with Gasteiger partial charge in [0.05, 0.1) is 0 Å². The van der Waals surface area contributed by atoms with Crippen LogP contribution in [0.3, 0.4) is 0 Å². The van der Waals surface area contributed by atoms with Crippen LogP contribution in [0.4, 0.5) is 11.6 Å². The quantitative estimate of drug-likeness (QED) is 0.430. The molecule has 0 saturated heterocycles. The number of anilines is 2. The molecule has 0 bridgehead atoms. The standard InChI is InChI=1S/C12H21N5O/c1-3-9(2)15-12(18)7-8-14-10-5-4-6-11(16-10)17-13/h4-6,9H,3,7-8,13H2,1-2H3,(H,15,18)(H2,14,16,17). The Bertz CT molecular complexity index is 382. The zero-order chi connectivity index (χ0) is 13.4.